The zero-order valence-corrected chi connectivity index (χ0v) is 12.8. The van der Waals surface area contributed by atoms with Gasteiger partial charge in [0.25, 0.3) is 0 Å². The Labute approximate surface area is 130 Å². The zero-order chi connectivity index (χ0) is 15.7. The molecule has 5 heteroatoms. The van der Waals surface area contributed by atoms with Crippen molar-refractivity contribution in [2.75, 3.05) is 11.9 Å². The van der Waals surface area contributed by atoms with E-state index in [0.717, 1.165) is 30.5 Å². The van der Waals surface area contributed by atoms with Crippen LogP contribution in [0.5, 0.6) is 0 Å². The monoisotopic (exact) mass is 302 g/mol. The molecule has 1 heterocycles. The number of hydrogen-bond donors (Lipinski definition) is 3. The summed E-state index contributed by atoms with van der Waals surface area (Å²) in [5.74, 6) is -0.697. The van der Waals surface area contributed by atoms with Crippen LogP contribution in [0.1, 0.15) is 44.1 Å². The largest absolute Gasteiger partial charge is 0.396 e. The first-order chi connectivity index (χ1) is 10.5. The van der Waals surface area contributed by atoms with Gasteiger partial charge in [0.05, 0.1) is 12.5 Å². The summed E-state index contributed by atoms with van der Waals surface area (Å²) in [4.78, 5) is 24.5. The minimum Gasteiger partial charge on any atom is -0.396 e. The van der Waals surface area contributed by atoms with Gasteiger partial charge in [-0.25, -0.2) is 0 Å². The molecule has 3 rings (SSSR count). The average molecular weight is 302 g/mol. The molecule has 0 spiro atoms. The van der Waals surface area contributed by atoms with Crippen LogP contribution in [-0.4, -0.2) is 29.6 Å². The Morgan fingerprint density at radius 2 is 2.23 bits per heavy atom. The molecule has 3 unspecified atom stereocenters. The number of para-hydroxylation sites is 1. The van der Waals surface area contributed by atoms with Gasteiger partial charge >= 0.3 is 0 Å². The van der Waals surface area contributed by atoms with Gasteiger partial charge in [-0.2, -0.15) is 0 Å². The molecule has 5 nitrogen and oxygen atoms in total. The van der Waals surface area contributed by atoms with Crippen LogP contribution in [0.3, 0.4) is 0 Å². The van der Waals surface area contributed by atoms with Crippen molar-refractivity contribution in [3.63, 3.8) is 0 Å². The number of amides is 2. The number of carbonyl (C=O) groups excluding carboxylic acids is 2. The maximum atomic E-state index is 12.7. The molecule has 2 aliphatic rings. The van der Waals surface area contributed by atoms with Crippen LogP contribution in [0.4, 0.5) is 5.69 Å². The van der Waals surface area contributed by atoms with E-state index in [0.29, 0.717) is 0 Å². The molecule has 1 fully saturated rings. The van der Waals surface area contributed by atoms with Crippen molar-refractivity contribution in [1.29, 1.82) is 0 Å². The maximum absolute atomic E-state index is 12.7. The highest BCUT2D eigenvalue weighted by Gasteiger charge is 2.41. The van der Waals surface area contributed by atoms with Gasteiger partial charge in [0, 0.05) is 23.6 Å². The van der Waals surface area contributed by atoms with Crippen molar-refractivity contribution < 1.29 is 14.7 Å². The fourth-order valence-corrected chi connectivity index (χ4v) is 3.59. The Hall–Kier alpha value is -1.88. The Balaban J connectivity index is 1.80. The summed E-state index contributed by atoms with van der Waals surface area (Å²) >= 11 is 0. The first-order valence-electron chi connectivity index (χ1n) is 7.83. The molecule has 3 N–H and O–H groups in total. The third-order valence-electron chi connectivity index (χ3n) is 5.08. The summed E-state index contributed by atoms with van der Waals surface area (Å²) < 4.78 is 0. The SMILES string of the molecule is CC1(CO)CCCC1NC(=O)C1CC(=O)Nc2ccccc21. The molecule has 3 atom stereocenters. The number of rotatable bonds is 3. The van der Waals surface area contributed by atoms with Crippen molar-refractivity contribution in [2.45, 2.75) is 44.6 Å². The number of carbonyl (C=O) groups is 2. The third kappa shape index (κ3) is 2.61. The first kappa shape index (κ1) is 15.0. The molecule has 1 aromatic rings. The lowest BCUT2D eigenvalue weighted by Crippen LogP contribution is -2.47. The van der Waals surface area contributed by atoms with Gasteiger partial charge in [-0.1, -0.05) is 31.5 Å². The molecule has 0 saturated heterocycles. The van der Waals surface area contributed by atoms with Crippen molar-refractivity contribution >= 4 is 17.5 Å². The molecular formula is C17H22N2O3. The van der Waals surface area contributed by atoms with E-state index in [1.807, 2.05) is 31.2 Å². The second-order valence-corrected chi connectivity index (χ2v) is 6.66. The summed E-state index contributed by atoms with van der Waals surface area (Å²) in [6.07, 6.45) is 2.97. The predicted octanol–water partition coefficient (Wildman–Crippen LogP) is 1.78. The van der Waals surface area contributed by atoms with Crippen LogP contribution in [0.25, 0.3) is 0 Å². The maximum Gasteiger partial charge on any atom is 0.228 e. The second kappa shape index (κ2) is 5.72. The van der Waals surface area contributed by atoms with Crippen LogP contribution >= 0.6 is 0 Å². The number of benzene rings is 1. The Bertz CT molecular complexity index is 601. The van der Waals surface area contributed by atoms with Gasteiger partial charge in [0.1, 0.15) is 0 Å². The minimum absolute atomic E-state index is 0.0258. The minimum atomic E-state index is -0.450. The van der Waals surface area contributed by atoms with Gasteiger partial charge in [-0.05, 0) is 24.5 Å². The van der Waals surface area contributed by atoms with Crippen LogP contribution in [0.15, 0.2) is 24.3 Å². The van der Waals surface area contributed by atoms with E-state index in [1.165, 1.54) is 0 Å². The van der Waals surface area contributed by atoms with Crippen molar-refractivity contribution in [1.82, 2.24) is 5.32 Å². The standard InChI is InChI=1S/C17H22N2O3/c1-17(10-20)8-4-7-14(17)19-16(22)12-9-15(21)18-13-6-3-2-5-11(12)13/h2-3,5-6,12,14,20H,4,7-10H2,1H3,(H,18,21)(H,19,22). The Morgan fingerprint density at radius 3 is 3.00 bits per heavy atom. The normalized spacial score (nSPS) is 30.5. The molecule has 2 amide bonds. The molecular weight excluding hydrogens is 280 g/mol. The molecule has 0 radical (unpaired) electrons. The molecule has 0 aromatic heterocycles. The molecule has 22 heavy (non-hydrogen) atoms. The van der Waals surface area contributed by atoms with Gasteiger partial charge in [0.2, 0.25) is 11.8 Å². The number of aliphatic hydroxyl groups excluding tert-OH is 1. The second-order valence-electron chi connectivity index (χ2n) is 6.66. The average Bonchev–Trinajstić information content (AvgIpc) is 2.88. The summed E-state index contributed by atoms with van der Waals surface area (Å²) in [7, 11) is 0. The van der Waals surface area contributed by atoms with Gasteiger partial charge in [-0.15, -0.1) is 0 Å². The van der Waals surface area contributed by atoms with Gasteiger partial charge in [0.15, 0.2) is 0 Å². The number of aliphatic hydroxyl groups is 1. The quantitative estimate of drug-likeness (QED) is 0.796. The molecule has 1 aromatic carbocycles. The van der Waals surface area contributed by atoms with E-state index >= 15 is 0 Å². The van der Waals surface area contributed by atoms with Crippen molar-refractivity contribution in [3.8, 4) is 0 Å². The first-order valence-corrected chi connectivity index (χ1v) is 7.83. The highest BCUT2D eigenvalue weighted by atomic mass is 16.3. The lowest BCUT2D eigenvalue weighted by molar-refractivity contribution is -0.127. The van der Waals surface area contributed by atoms with E-state index in [4.69, 9.17) is 0 Å². The molecule has 0 bridgehead atoms. The number of hydrogen-bond acceptors (Lipinski definition) is 3. The zero-order valence-electron chi connectivity index (χ0n) is 12.8. The molecule has 1 saturated carbocycles. The van der Waals surface area contributed by atoms with Gasteiger partial charge in [-0.3, -0.25) is 9.59 Å². The van der Waals surface area contributed by atoms with E-state index in [-0.39, 0.29) is 36.3 Å². The molecule has 1 aliphatic heterocycles. The fraction of sp³-hybridized carbons (Fsp3) is 0.529. The molecule has 1 aliphatic carbocycles. The van der Waals surface area contributed by atoms with Crippen molar-refractivity contribution in [3.05, 3.63) is 29.8 Å². The Morgan fingerprint density at radius 1 is 1.45 bits per heavy atom. The highest BCUT2D eigenvalue weighted by molar-refractivity contribution is 6.01. The van der Waals surface area contributed by atoms with E-state index in [2.05, 4.69) is 10.6 Å². The third-order valence-corrected chi connectivity index (χ3v) is 5.08. The fourth-order valence-electron chi connectivity index (χ4n) is 3.59. The van der Waals surface area contributed by atoms with E-state index in [1.54, 1.807) is 0 Å². The number of nitrogens with one attached hydrogen (secondary N) is 2. The smallest absolute Gasteiger partial charge is 0.228 e. The Kier molecular flexibility index (Phi) is 3.91. The van der Waals surface area contributed by atoms with Crippen LogP contribution in [0.2, 0.25) is 0 Å². The van der Waals surface area contributed by atoms with Crippen LogP contribution < -0.4 is 10.6 Å². The van der Waals surface area contributed by atoms with Gasteiger partial charge < -0.3 is 15.7 Å². The summed E-state index contributed by atoms with van der Waals surface area (Å²) in [6.45, 7) is 2.08. The van der Waals surface area contributed by atoms with Crippen molar-refractivity contribution in [2.24, 2.45) is 5.41 Å². The number of fused-ring (bicyclic) bond motifs is 1. The highest BCUT2D eigenvalue weighted by Crippen LogP contribution is 2.38. The summed E-state index contributed by atoms with van der Waals surface area (Å²) in [5, 5.41) is 15.5. The van der Waals surface area contributed by atoms with E-state index < -0.39 is 5.92 Å². The van der Waals surface area contributed by atoms with Crippen LogP contribution in [0, 0.1) is 5.41 Å². The van der Waals surface area contributed by atoms with Crippen LogP contribution in [-0.2, 0) is 9.59 Å². The summed E-state index contributed by atoms with van der Waals surface area (Å²) in [5.41, 5.74) is 1.32. The number of anilines is 1. The molecule has 118 valence electrons. The lowest BCUT2D eigenvalue weighted by Gasteiger charge is -2.32. The predicted molar refractivity (Wildman–Crippen MR) is 83.4 cm³/mol. The van der Waals surface area contributed by atoms with E-state index in [9.17, 15) is 14.7 Å². The summed E-state index contributed by atoms with van der Waals surface area (Å²) in [6, 6.07) is 7.41. The topological polar surface area (TPSA) is 78.4 Å². The lowest BCUT2D eigenvalue weighted by atomic mass is 9.84.